The molecule has 9 heteroatoms. The molecule has 2 heterocycles. The van der Waals surface area contributed by atoms with E-state index in [4.69, 9.17) is 0 Å². The van der Waals surface area contributed by atoms with Crippen molar-refractivity contribution in [2.45, 2.75) is 31.7 Å². The van der Waals surface area contributed by atoms with E-state index in [1.807, 2.05) is 17.5 Å². The number of rotatable bonds is 6. The number of aromatic nitrogens is 1. The molecule has 0 aliphatic rings. The van der Waals surface area contributed by atoms with Crippen LogP contribution in [0.2, 0.25) is 0 Å². The van der Waals surface area contributed by atoms with E-state index in [2.05, 4.69) is 15.0 Å². The zero-order valence-corrected chi connectivity index (χ0v) is 17.5. The van der Waals surface area contributed by atoms with Crippen LogP contribution in [0.1, 0.15) is 29.2 Å². The van der Waals surface area contributed by atoms with Crippen molar-refractivity contribution in [1.29, 1.82) is 0 Å². The monoisotopic (exact) mass is 421 g/mol. The summed E-state index contributed by atoms with van der Waals surface area (Å²) in [6, 6.07) is 9.80. The molecule has 0 bridgehead atoms. The SMILES string of the molecule is Cc1nc(-c2cccs2)sc1C(=O)Nc1ccc(S(=O)(=O)NC(C)C)cc1. The molecular formula is C18H19N3O3S3. The molecule has 2 aromatic heterocycles. The van der Waals surface area contributed by atoms with Crippen LogP contribution >= 0.6 is 22.7 Å². The lowest BCUT2D eigenvalue weighted by atomic mass is 10.3. The molecule has 0 unspecified atom stereocenters. The number of sulfonamides is 1. The zero-order chi connectivity index (χ0) is 19.6. The van der Waals surface area contributed by atoms with E-state index in [1.165, 1.54) is 23.5 Å². The second-order valence-corrected chi connectivity index (χ2v) is 9.83. The number of aryl methyl sites for hydroxylation is 1. The summed E-state index contributed by atoms with van der Waals surface area (Å²) in [7, 11) is -3.55. The minimum atomic E-state index is -3.55. The van der Waals surface area contributed by atoms with E-state index in [0.717, 1.165) is 9.88 Å². The molecule has 27 heavy (non-hydrogen) atoms. The lowest BCUT2D eigenvalue weighted by molar-refractivity contribution is 0.103. The predicted molar refractivity (Wildman–Crippen MR) is 110 cm³/mol. The van der Waals surface area contributed by atoms with Crippen LogP contribution in [-0.4, -0.2) is 25.4 Å². The number of carbonyl (C=O) groups is 1. The molecule has 0 radical (unpaired) electrons. The first-order valence-electron chi connectivity index (χ1n) is 8.21. The van der Waals surface area contributed by atoms with Crippen LogP contribution in [0.5, 0.6) is 0 Å². The summed E-state index contributed by atoms with van der Waals surface area (Å²) >= 11 is 2.92. The van der Waals surface area contributed by atoms with E-state index in [-0.39, 0.29) is 16.8 Å². The number of thiophene rings is 1. The Morgan fingerprint density at radius 2 is 1.85 bits per heavy atom. The molecule has 3 aromatic rings. The van der Waals surface area contributed by atoms with Crippen LogP contribution in [0.3, 0.4) is 0 Å². The Morgan fingerprint density at radius 1 is 1.15 bits per heavy atom. The number of nitrogens with zero attached hydrogens (tertiary/aromatic N) is 1. The molecule has 0 saturated carbocycles. The van der Waals surface area contributed by atoms with E-state index < -0.39 is 10.0 Å². The molecule has 0 fully saturated rings. The summed E-state index contributed by atoms with van der Waals surface area (Å²) in [5.41, 5.74) is 1.19. The summed E-state index contributed by atoms with van der Waals surface area (Å²) in [4.78, 5) is 18.8. The molecule has 2 N–H and O–H groups in total. The largest absolute Gasteiger partial charge is 0.321 e. The number of amides is 1. The number of nitrogens with one attached hydrogen (secondary N) is 2. The summed E-state index contributed by atoms with van der Waals surface area (Å²) < 4.78 is 26.8. The van der Waals surface area contributed by atoms with Crippen molar-refractivity contribution >= 4 is 44.3 Å². The molecule has 1 aromatic carbocycles. The fourth-order valence-corrected chi connectivity index (χ4v) is 5.41. The van der Waals surface area contributed by atoms with Gasteiger partial charge >= 0.3 is 0 Å². The lowest BCUT2D eigenvalue weighted by Crippen LogP contribution is -2.30. The van der Waals surface area contributed by atoms with Gasteiger partial charge in [0, 0.05) is 11.7 Å². The van der Waals surface area contributed by atoms with Crippen LogP contribution in [0.15, 0.2) is 46.7 Å². The second-order valence-electron chi connectivity index (χ2n) is 6.17. The molecule has 142 valence electrons. The predicted octanol–water partition coefficient (Wildman–Crippen LogP) is 4.12. The van der Waals surface area contributed by atoms with Gasteiger partial charge in [-0.15, -0.1) is 22.7 Å². The highest BCUT2D eigenvalue weighted by molar-refractivity contribution is 7.89. The van der Waals surface area contributed by atoms with Crippen molar-refractivity contribution in [3.8, 4) is 9.88 Å². The summed E-state index contributed by atoms with van der Waals surface area (Å²) in [5.74, 6) is -0.260. The highest BCUT2D eigenvalue weighted by Crippen LogP contribution is 2.31. The van der Waals surface area contributed by atoms with Crippen LogP contribution in [0.25, 0.3) is 9.88 Å². The fourth-order valence-electron chi connectivity index (χ4n) is 2.40. The topological polar surface area (TPSA) is 88.2 Å². The highest BCUT2D eigenvalue weighted by atomic mass is 32.2. The Hall–Kier alpha value is -2.07. The number of hydrogen-bond donors (Lipinski definition) is 2. The first-order chi connectivity index (χ1) is 12.8. The third kappa shape index (κ3) is 4.62. The van der Waals surface area contributed by atoms with Gasteiger partial charge in [0.1, 0.15) is 9.88 Å². The second kappa shape index (κ2) is 7.89. The molecule has 0 atom stereocenters. The van der Waals surface area contributed by atoms with Crippen LogP contribution in [0, 0.1) is 6.92 Å². The zero-order valence-electron chi connectivity index (χ0n) is 15.0. The Morgan fingerprint density at radius 3 is 2.44 bits per heavy atom. The Balaban J connectivity index is 1.75. The first-order valence-corrected chi connectivity index (χ1v) is 11.4. The van der Waals surface area contributed by atoms with Crippen molar-refractivity contribution in [3.05, 3.63) is 52.3 Å². The Kier molecular flexibility index (Phi) is 5.75. The Bertz CT molecular complexity index is 1040. The normalized spacial score (nSPS) is 11.7. The van der Waals surface area contributed by atoms with Gasteiger partial charge in [0.25, 0.3) is 5.91 Å². The minimum Gasteiger partial charge on any atom is -0.321 e. The molecule has 0 spiro atoms. The van der Waals surface area contributed by atoms with Crippen LogP contribution in [0.4, 0.5) is 5.69 Å². The van der Waals surface area contributed by atoms with Crippen molar-refractivity contribution in [2.24, 2.45) is 0 Å². The Labute approximate surface area is 166 Å². The maximum atomic E-state index is 12.6. The number of thiazole rings is 1. The quantitative estimate of drug-likeness (QED) is 0.627. The van der Waals surface area contributed by atoms with Gasteiger partial charge in [-0.05, 0) is 56.5 Å². The van der Waals surface area contributed by atoms with E-state index in [0.29, 0.717) is 16.3 Å². The summed E-state index contributed by atoms with van der Waals surface area (Å²) in [6.07, 6.45) is 0. The molecule has 6 nitrogen and oxygen atoms in total. The van der Waals surface area contributed by atoms with Gasteiger partial charge < -0.3 is 5.32 Å². The molecule has 0 aliphatic carbocycles. The molecule has 1 amide bonds. The summed E-state index contributed by atoms with van der Waals surface area (Å²) in [6.45, 7) is 5.32. The van der Waals surface area contributed by atoms with Crippen molar-refractivity contribution in [1.82, 2.24) is 9.71 Å². The van der Waals surface area contributed by atoms with E-state index in [9.17, 15) is 13.2 Å². The standard InChI is InChI=1S/C18H19N3O3S3/c1-11(2)21-27(23,24)14-8-6-13(7-9-14)20-17(22)16-12(3)19-18(26-16)15-5-4-10-25-15/h4-11,21H,1-3H3,(H,20,22). The van der Waals surface area contributed by atoms with Gasteiger partial charge in [-0.25, -0.2) is 18.1 Å². The van der Waals surface area contributed by atoms with Crippen molar-refractivity contribution < 1.29 is 13.2 Å². The molecule has 3 rings (SSSR count). The number of carbonyl (C=O) groups excluding carboxylic acids is 1. The number of hydrogen-bond acceptors (Lipinski definition) is 6. The van der Waals surface area contributed by atoms with Gasteiger partial charge in [-0.3, -0.25) is 4.79 Å². The maximum Gasteiger partial charge on any atom is 0.267 e. The average Bonchev–Trinajstić information content (AvgIpc) is 3.23. The van der Waals surface area contributed by atoms with Gasteiger partial charge in [0.15, 0.2) is 0 Å². The smallest absolute Gasteiger partial charge is 0.267 e. The van der Waals surface area contributed by atoms with Gasteiger partial charge in [0.05, 0.1) is 15.5 Å². The van der Waals surface area contributed by atoms with Crippen molar-refractivity contribution in [2.75, 3.05) is 5.32 Å². The average molecular weight is 422 g/mol. The molecular weight excluding hydrogens is 402 g/mol. The fraction of sp³-hybridized carbons (Fsp3) is 0.222. The highest BCUT2D eigenvalue weighted by Gasteiger charge is 2.18. The summed E-state index contributed by atoms with van der Waals surface area (Å²) in [5, 5.41) is 5.58. The van der Waals surface area contributed by atoms with E-state index >= 15 is 0 Å². The van der Waals surface area contributed by atoms with Crippen LogP contribution in [-0.2, 0) is 10.0 Å². The molecule has 0 saturated heterocycles. The van der Waals surface area contributed by atoms with Gasteiger partial charge in [0.2, 0.25) is 10.0 Å². The maximum absolute atomic E-state index is 12.6. The van der Waals surface area contributed by atoms with Crippen LogP contribution < -0.4 is 10.0 Å². The van der Waals surface area contributed by atoms with Crippen molar-refractivity contribution in [3.63, 3.8) is 0 Å². The minimum absolute atomic E-state index is 0.156. The lowest BCUT2D eigenvalue weighted by Gasteiger charge is -2.10. The third-order valence-electron chi connectivity index (χ3n) is 3.55. The first kappa shape index (κ1) is 19.7. The number of benzene rings is 1. The van der Waals surface area contributed by atoms with E-state index in [1.54, 1.807) is 44.2 Å². The third-order valence-corrected chi connectivity index (χ3v) is 7.42. The molecule has 0 aliphatic heterocycles. The van der Waals surface area contributed by atoms with Gasteiger partial charge in [-0.1, -0.05) is 6.07 Å². The van der Waals surface area contributed by atoms with Gasteiger partial charge in [-0.2, -0.15) is 0 Å². The number of anilines is 1.